The van der Waals surface area contributed by atoms with Gasteiger partial charge in [-0.2, -0.15) is 0 Å². The van der Waals surface area contributed by atoms with E-state index in [-0.39, 0.29) is 24.3 Å². The van der Waals surface area contributed by atoms with Crippen LogP contribution in [0, 0.1) is 5.92 Å². The van der Waals surface area contributed by atoms with Crippen molar-refractivity contribution in [2.24, 2.45) is 5.92 Å². The molecular weight excluding hydrogens is 330 g/mol. The van der Waals surface area contributed by atoms with Gasteiger partial charge in [0.25, 0.3) is 0 Å². The van der Waals surface area contributed by atoms with Crippen LogP contribution in [0.25, 0.3) is 0 Å². The first-order valence-corrected chi connectivity index (χ1v) is 9.13. The molecule has 1 aliphatic rings. The number of ketones is 1. The van der Waals surface area contributed by atoms with Crippen molar-refractivity contribution in [1.29, 1.82) is 0 Å². The first-order chi connectivity index (χ1) is 12.3. The van der Waals surface area contributed by atoms with Crippen LogP contribution in [0.15, 0.2) is 24.3 Å². The first kappa shape index (κ1) is 19.9. The van der Waals surface area contributed by atoms with Crippen LogP contribution in [0.2, 0.25) is 0 Å². The summed E-state index contributed by atoms with van der Waals surface area (Å²) >= 11 is 0. The number of carbonyl (C=O) groups is 3. The van der Waals surface area contributed by atoms with Crippen LogP contribution in [0.1, 0.15) is 49.4 Å². The Morgan fingerprint density at radius 3 is 2.27 bits per heavy atom. The summed E-state index contributed by atoms with van der Waals surface area (Å²) < 4.78 is 0. The molecule has 1 saturated carbocycles. The number of benzene rings is 1. The monoisotopic (exact) mass is 359 g/mol. The summed E-state index contributed by atoms with van der Waals surface area (Å²) in [5, 5.41) is 0. The Balaban J connectivity index is 2.06. The Labute approximate surface area is 155 Å². The largest absolute Gasteiger partial charge is 0.399 e. The zero-order valence-electron chi connectivity index (χ0n) is 15.9. The van der Waals surface area contributed by atoms with Gasteiger partial charge in [0.1, 0.15) is 6.29 Å². The minimum atomic E-state index is -0.851. The number of carbonyl (C=O) groups excluding carboxylic acids is 3. The second-order valence-electron chi connectivity index (χ2n) is 7.42. The molecule has 1 aromatic rings. The number of amides is 2. The molecule has 2 amide bonds. The summed E-state index contributed by atoms with van der Waals surface area (Å²) in [6.45, 7) is 1.77. The Morgan fingerprint density at radius 1 is 1.15 bits per heavy atom. The van der Waals surface area contributed by atoms with Crippen molar-refractivity contribution >= 4 is 23.8 Å². The predicted molar refractivity (Wildman–Crippen MR) is 102 cm³/mol. The molecule has 0 bridgehead atoms. The zero-order valence-corrected chi connectivity index (χ0v) is 15.9. The quantitative estimate of drug-likeness (QED) is 0.481. The van der Waals surface area contributed by atoms with E-state index in [0.29, 0.717) is 11.3 Å². The van der Waals surface area contributed by atoms with E-state index >= 15 is 0 Å². The molecule has 6 nitrogen and oxygen atoms in total. The maximum Gasteiger partial charge on any atom is 0.320 e. The van der Waals surface area contributed by atoms with Gasteiger partial charge in [-0.1, -0.05) is 19.3 Å². The van der Waals surface area contributed by atoms with Crippen LogP contribution in [-0.2, 0) is 4.79 Å². The number of nitrogens with zero attached hydrogens (tertiary/aromatic N) is 2. The number of aldehydes is 1. The Kier molecular flexibility index (Phi) is 6.40. The number of rotatable bonds is 6. The lowest BCUT2D eigenvalue weighted by Crippen LogP contribution is -2.57. The number of likely N-dealkylation sites (N-methyl/N-ethyl adjacent to an activating group) is 2. The molecule has 1 aliphatic carbocycles. The van der Waals surface area contributed by atoms with E-state index in [1.54, 1.807) is 38.4 Å². The molecule has 0 radical (unpaired) electrons. The zero-order chi connectivity index (χ0) is 19.3. The minimum Gasteiger partial charge on any atom is -0.399 e. The molecule has 6 heteroatoms. The highest BCUT2D eigenvalue weighted by molar-refractivity contribution is 5.99. The van der Waals surface area contributed by atoms with Gasteiger partial charge >= 0.3 is 6.03 Å². The number of nitrogens with two attached hydrogens (primary N) is 1. The first-order valence-electron chi connectivity index (χ1n) is 9.13. The molecule has 1 fully saturated rings. The molecule has 0 heterocycles. The summed E-state index contributed by atoms with van der Waals surface area (Å²) in [7, 11) is 3.23. The van der Waals surface area contributed by atoms with Crippen molar-refractivity contribution in [3.05, 3.63) is 29.8 Å². The topological polar surface area (TPSA) is 83.7 Å². The van der Waals surface area contributed by atoms with Crippen molar-refractivity contribution in [2.45, 2.75) is 44.6 Å². The minimum absolute atomic E-state index is 0.0489. The molecule has 0 aliphatic heterocycles. The fraction of sp³-hybridized carbons (Fsp3) is 0.550. The SMILES string of the molecule is CN(CC(=O)c1ccc(N)cc1)C(=O)N(C)C(C)(C=O)C1CCCCC1. The van der Waals surface area contributed by atoms with Gasteiger partial charge in [0, 0.05) is 25.3 Å². The molecular formula is C20H29N3O3. The molecule has 2 N–H and O–H groups in total. The van der Waals surface area contributed by atoms with E-state index < -0.39 is 5.54 Å². The number of hydrogen-bond acceptors (Lipinski definition) is 4. The number of urea groups is 1. The van der Waals surface area contributed by atoms with Crippen molar-refractivity contribution in [3.8, 4) is 0 Å². The van der Waals surface area contributed by atoms with Crippen molar-refractivity contribution in [3.63, 3.8) is 0 Å². The fourth-order valence-corrected chi connectivity index (χ4v) is 3.64. The van der Waals surface area contributed by atoms with Gasteiger partial charge in [-0.05, 0) is 49.9 Å². The molecule has 0 saturated heterocycles. The Morgan fingerprint density at radius 2 is 1.73 bits per heavy atom. The molecule has 2 rings (SSSR count). The molecule has 1 atom stereocenters. The van der Waals surface area contributed by atoms with E-state index in [1.807, 2.05) is 6.92 Å². The number of Topliss-reactive ketones (excluding diaryl/α,β-unsaturated/α-hetero) is 1. The molecule has 142 valence electrons. The third-order valence-corrected chi connectivity index (χ3v) is 5.62. The lowest BCUT2D eigenvalue weighted by molar-refractivity contribution is -0.119. The number of anilines is 1. The van der Waals surface area contributed by atoms with Gasteiger partial charge in [0.15, 0.2) is 5.78 Å². The summed E-state index contributed by atoms with van der Waals surface area (Å²) in [4.78, 5) is 40.0. The highest BCUT2D eigenvalue weighted by atomic mass is 16.2. The van der Waals surface area contributed by atoms with Gasteiger partial charge in [0.2, 0.25) is 0 Å². The van der Waals surface area contributed by atoms with Crippen molar-refractivity contribution < 1.29 is 14.4 Å². The third kappa shape index (κ3) is 4.23. The highest BCUT2D eigenvalue weighted by Gasteiger charge is 2.41. The van der Waals surface area contributed by atoms with Crippen molar-refractivity contribution in [1.82, 2.24) is 9.80 Å². The van der Waals surface area contributed by atoms with Crippen LogP contribution in [0.4, 0.5) is 10.5 Å². The maximum atomic E-state index is 12.8. The fourth-order valence-electron chi connectivity index (χ4n) is 3.64. The average molecular weight is 359 g/mol. The Bertz CT molecular complexity index is 653. The van der Waals surface area contributed by atoms with E-state index in [0.717, 1.165) is 32.0 Å². The van der Waals surface area contributed by atoms with E-state index in [4.69, 9.17) is 5.73 Å². The van der Waals surface area contributed by atoms with Gasteiger partial charge in [-0.15, -0.1) is 0 Å². The van der Waals surface area contributed by atoms with Gasteiger partial charge in [0.05, 0.1) is 12.1 Å². The Hall–Kier alpha value is -2.37. The van der Waals surface area contributed by atoms with Gasteiger partial charge in [-0.25, -0.2) is 4.79 Å². The number of nitrogen functional groups attached to an aromatic ring is 1. The second-order valence-corrected chi connectivity index (χ2v) is 7.42. The molecule has 0 aromatic heterocycles. The van der Waals surface area contributed by atoms with E-state index in [2.05, 4.69) is 0 Å². The third-order valence-electron chi connectivity index (χ3n) is 5.62. The normalized spacial score (nSPS) is 17.2. The second kappa shape index (κ2) is 8.34. The van der Waals surface area contributed by atoms with Gasteiger partial charge < -0.3 is 20.3 Å². The van der Waals surface area contributed by atoms with E-state index in [1.165, 1.54) is 16.2 Å². The van der Waals surface area contributed by atoms with Crippen molar-refractivity contribution in [2.75, 3.05) is 26.4 Å². The smallest absolute Gasteiger partial charge is 0.320 e. The van der Waals surface area contributed by atoms with Crippen LogP contribution in [0.5, 0.6) is 0 Å². The molecule has 1 unspecified atom stereocenters. The van der Waals surface area contributed by atoms with Gasteiger partial charge in [-0.3, -0.25) is 4.79 Å². The summed E-state index contributed by atoms with van der Waals surface area (Å²) in [6, 6.07) is 6.30. The van der Waals surface area contributed by atoms with Crippen LogP contribution in [0.3, 0.4) is 0 Å². The maximum absolute atomic E-state index is 12.8. The number of hydrogen-bond donors (Lipinski definition) is 1. The highest BCUT2D eigenvalue weighted by Crippen LogP contribution is 2.35. The molecule has 1 aromatic carbocycles. The summed E-state index contributed by atoms with van der Waals surface area (Å²) in [5.74, 6) is -0.0105. The molecule has 0 spiro atoms. The van der Waals surface area contributed by atoms with Crippen LogP contribution in [-0.4, -0.2) is 54.1 Å². The van der Waals surface area contributed by atoms with Crippen LogP contribution >= 0.6 is 0 Å². The van der Waals surface area contributed by atoms with Crippen LogP contribution < -0.4 is 5.73 Å². The standard InChI is InChI=1S/C20H29N3O3/c1-20(14-24,16-7-5-4-6-8-16)23(3)19(26)22(2)13-18(25)15-9-11-17(21)12-10-15/h9-12,14,16H,4-8,13,21H2,1-3H3. The lowest BCUT2D eigenvalue weighted by atomic mass is 9.75. The lowest BCUT2D eigenvalue weighted by Gasteiger charge is -2.43. The summed E-state index contributed by atoms with van der Waals surface area (Å²) in [5.41, 5.74) is 5.87. The average Bonchev–Trinajstić information content (AvgIpc) is 2.67. The summed E-state index contributed by atoms with van der Waals surface area (Å²) in [6.07, 6.45) is 6.13. The molecule has 26 heavy (non-hydrogen) atoms. The predicted octanol–water partition coefficient (Wildman–Crippen LogP) is 2.97. The van der Waals surface area contributed by atoms with E-state index in [9.17, 15) is 14.4 Å².